The first kappa shape index (κ1) is 41.0. The summed E-state index contributed by atoms with van der Waals surface area (Å²) < 4.78 is 36.4. The van der Waals surface area contributed by atoms with E-state index in [1.54, 1.807) is 121 Å². The monoisotopic (exact) mass is 816 g/mol. The Morgan fingerprint density at radius 1 is 0.410 bits per heavy atom. The minimum atomic E-state index is -1.94. The van der Waals surface area contributed by atoms with Gasteiger partial charge in [0.2, 0.25) is 12.0 Å². The first-order valence-corrected chi connectivity index (χ1v) is 19.0. The molecule has 7 rings (SSSR count). The number of hydrogen-bond donors (Lipinski definition) is 0. The Bertz CT molecular complexity index is 2540. The topological polar surface area (TPSA) is 170 Å². The second kappa shape index (κ2) is 20.0. The molecule has 0 fully saturated rings. The lowest BCUT2D eigenvalue weighted by Crippen LogP contribution is -2.51. The zero-order valence-corrected chi connectivity index (χ0v) is 32.2. The van der Waals surface area contributed by atoms with Crippen LogP contribution in [0.4, 0.5) is 0 Å². The van der Waals surface area contributed by atoms with Crippen LogP contribution in [0.1, 0.15) is 63.8 Å². The van der Waals surface area contributed by atoms with E-state index in [4.69, 9.17) is 28.1 Å². The molecule has 0 bridgehead atoms. The molecule has 1 heterocycles. The van der Waals surface area contributed by atoms with Gasteiger partial charge in [0.15, 0.2) is 18.3 Å². The third kappa shape index (κ3) is 10.7. The van der Waals surface area contributed by atoms with Crippen LogP contribution in [0, 0.1) is 0 Å². The quantitative estimate of drug-likeness (QED) is 0.0677. The minimum Gasteiger partial charge on any atom is -0.458 e. The molecule has 0 unspecified atom stereocenters. The number of aromatic nitrogens is 2. The molecule has 0 saturated carbocycles. The molecule has 0 aliphatic rings. The van der Waals surface area contributed by atoms with Gasteiger partial charge in [-0.25, -0.2) is 24.0 Å². The highest BCUT2D eigenvalue weighted by atomic mass is 16.6. The Balaban J connectivity index is 1.39. The van der Waals surface area contributed by atoms with Crippen molar-refractivity contribution in [3.63, 3.8) is 0 Å². The van der Waals surface area contributed by atoms with Crippen LogP contribution in [0.5, 0.6) is 0 Å². The maximum atomic E-state index is 14.2. The molecule has 1 aromatic heterocycles. The predicted octanol–water partition coefficient (Wildman–Crippen LogP) is 8.17. The van der Waals surface area contributed by atoms with Crippen molar-refractivity contribution in [1.82, 2.24) is 10.2 Å². The molecular formula is C48H36N2O11. The van der Waals surface area contributed by atoms with Gasteiger partial charge in [-0.2, -0.15) is 0 Å². The van der Waals surface area contributed by atoms with E-state index in [0.29, 0.717) is 5.56 Å². The van der Waals surface area contributed by atoms with Crippen LogP contribution >= 0.6 is 0 Å². The van der Waals surface area contributed by atoms with Crippen LogP contribution < -0.4 is 0 Å². The summed E-state index contributed by atoms with van der Waals surface area (Å²) in [5.74, 6) is -4.97. The van der Waals surface area contributed by atoms with E-state index in [2.05, 4.69) is 10.2 Å². The number of hydrogen-bond acceptors (Lipinski definition) is 13. The third-order valence-corrected chi connectivity index (χ3v) is 9.10. The van der Waals surface area contributed by atoms with Crippen molar-refractivity contribution in [3.05, 3.63) is 216 Å². The third-order valence-electron chi connectivity index (χ3n) is 9.10. The first-order valence-electron chi connectivity index (χ1n) is 19.0. The van der Waals surface area contributed by atoms with E-state index >= 15 is 0 Å². The molecular weight excluding hydrogens is 781 g/mol. The maximum Gasteiger partial charge on any atom is 0.339 e. The van der Waals surface area contributed by atoms with E-state index in [-0.39, 0.29) is 39.6 Å². The molecule has 0 aliphatic heterocycles. The van der Waals surface area contributed by atoms with Gasteiger partial charge in [-0.1, -0.05) is 109 Å². The zero-order chi connectivity index (χ0) is 42.4. The number of carbonyl (C=O) groups excluding carboxylic acids is 5. The Morgan fingerprint density at radius 3 is 1.21 bits per heavy atom. The summed E-state index contributed by atoms with van der Waals surface area (Å²) in [5.41, 5.74) is 0.945. The lowest BCUT2D eigenvalue weighted by Gasteiger charge is -2.35. The highest BCUT2D eigenvalue weighted by molar-refractivity contribution is 5.92. The molecule has 0 N–H and O–H groups in total. The molecule has 13 nitrogen and oxygen atoms in total. The smallest absolute Gasteiger partial charge is 0.339 e. The summed E-state index contributed by atoms with van der Waals surface area (Å²) in [4.78, 5) is 69.7. The molecule has 0 saturated heterocycles. The molecule has 61 heavy (non-hydrogen) atoms. The lowest BCUT2D eigenvalue weighted by atomic mass is 10.0. The second-order valence-corrected chi connectivity index (χ2v) is 13.2. The molecule has 0 aliphatic carbocycles. The van der Waals surface area contributed by atoms with Gasteiger partial charge in [0.1, 0.15) is 6.61 Å². The molecule has 4 atom stereocenters. The highest BCUT2D eigenvalue weighted by Gasteiger charge is 2.48. The lowest BCUT2D eigenvalue weighted by molar-refractivity contribution is -0.136. The number of carbonyl (C=O) groups is 5. The van der Waals surface area contributed by atoms with Crippen LogP contribution in [0.15, 0.2) is 186 Å². The van der Waals surface area contributed by atoms with Gasteiger partial charge in [-0.3, -0.25) is 0 Å². The van der Waals surface area contributed by atoms with Crippen molar-refractivity contribution in [1.29, 1.82) is 0 Å². The van der Waals surface area contributed by atoms with E-state index < -0.39 is 60.9 Å². The average molecular weight is 817 g/mol. The summed E-state index contributed by atoms with van der Waals surface area (Å²) in [7, 11) is 0. The van der Waals surface area contributed by atoms with Gasteiger partial charge in [0.05, 0.1) is 27.8 Å². The zero-order valence-electron chi connectivity index (χ0n) is 32.2. The van der Waals surface area contributed by atoms with Gasteiger partial charge in [-0.15, -0.1) is 10.2 Å². The summed E-state index contributed by atoms with van der Waals surface area (Å²) in [6.45, 7) is -0.753. The molecule has 7 aromatic rings. The summed E-state index contributed by atoms with van der Waals surface area (Å²) in [6.07, 6.45) is -7.48. The van der Waals surface area contributed by atoms with E-state index in [1.807, 2.05) is 0 Å². The molecule has 0 radical (unpaired) electrons. The number of nitrogens with zero attached hydrogens (tertiary/aromatic N) is 2. The largest absolute Gasteiger partial charge is 0.458 e. The van der Waals surface area contributed by atoms with Crippen molar-refractivity contribution < 1.29 is 52.1 Å². The van der Waals surface area contributed by atoms with Crippen molar-refractivity contribution in [2.45, 2.75) is 24.4 Å². The fourth-order valence-corrected chi connectivity index (χ4v) is 6.04. The van der Waals surface area contributed by atoms with Crippen molar-refractivity contribution in [2.75, 3.05) is 6.61 Å². The number of ether oxygens (including phenoxy) is 5. The van der Waals surface area contributed by atoms with Gasteiger partial charge < -0.3 is 28.1 Å². The SMILES string of the molecule is O=C(OC[C@H](OC(=O)c1ccccc1)[C@@H](OC(=O)c1ccccc1)[C@@H](OC(=O)c1ccccc1)[C@H](OC(=O)c1ccccc1)c1nnc(-c2ccccc2)o1)c1ccccc1. The van der Waals surface area contributed by atoms with Crippen LogP contribution in [-0.4, -0.2) is 65.0 Å². The summed E-state index contributed by atoms with van der Waals surface area (Å²) >= 11 is 0. The Kier molecular flexibility index (Phi) is 13.4. The van der Waals surface area contributed by atoms with Crippen molar-refractivity contribution in [2.24, 2.45) is 0 Å². The minimum absolute atomic E-state index is 0.00572. The Hall–Kier alpha value is -8.19. The van der Waals surface area contributed by atoms with Crippen LogP contribution in [-0.2, 0) is 23.7 Å². The summed E-state index contributed by atoms with van der Waals surface area (Å²) in [6, 6.07) is 48.2. The fraction of sp³-hybridized carbons (Fsp3) is 0.104. The van der Waals surface area contributed by atoms with Gasteiger partial charge in [0, 0.05) is 5.56 Å². The average Bonchev–Trinajstić information content (AvgIpc) is 3.82. The number of benzene rings is 6. The number of esters is 5. The molecule has 0 amide bonds. The Labute approximate surface area is 349 Å². The predicted molar refractivity (Wildman–Crippen MR) is 218 cm³/mol. The normalized spacial score (nSPS) is 12.7. The standard InChI is InChI=1S/C48H36N2O11/c51-44(33-21-9-2-10-22-33)56-31-38(57-45(52)34-23-11-3-12-24-34)39(58-46(53)35-25-13-4-14-26-35)40(59-47(54)36-27-15-5-16-28-36)41(60-48(55)37-29-17-6-18-30-37)43-50-49-42(61-43)32-19-7-1-8-20-32/h1-30,38-41H,31H2/t38-,39+,40+,41-/m0/s1. The summed E-state index contributed by atoms with van der Waals surface area (Å²) in [5, 5.41) is 8.41. The molecule has 0 spiro atoms. The van der Waals surface area contributed by atoms with E-state index in [0.717, 1.165) is 0 Å². The van der Waals surface area contributed by atoms with Gasteiger partial charge >= 0.3 is 29.8 Å². The second-order valence-electron chi connectivity index (χ2n) is 13.2. The van der Waals surface area contributed by atoms with Crippen LogP contribution in [0.2, 0.25) is 0 Å². The first-order chi connectivity index (χ1) is 29.8. The van der Waals surface area contributed by atoms with Gasteiger partial charge in [0.25, 0.3) is 5.89 Å². The van der Waals surface area contributed by atoms with Gasteiger partial charge in [-0.05, 0) is 72.8 Å². The van der Waals surface area contributed by atoms with E-state index in [9.17, 15) is 24.0 Å². The Morgan fingerprint density at radius 2 is 0.770 bits per heavy atom. The fourth-order valence-electron chi connectivity index (χ4n) is 6.04. The highest BCUT2D eigenvalue weighted by Crippen LogP contribution is 2.33. The van der Waals surface area contributed by atoms with E-state index in [1.165, 1.54) is 60.7 Å². The van der Waals surface area contributed by atoms with Crippen molar-refractivity contribution >= 4 is 29.8 Å². The van der Waals surface area contributed by atoms with Crippen molar-refractivity contribution in [3.8, 4) is 11.5 Å². The number of rotatable bonds is 16. The van der Waals surface area contributed by atoms with Crippen LogP contribution in [0.25, 0.3) is 11.5 Å². The molecule has 6 aromatic carbocycles. The van der Waals surface area contributed by atoms with Crippen LogP contribution in [0.3, 0.4) is 0 Å². The maximum absolute atomic E-state index is 14.2. The molecule has 13 heteroatoms. The molecule has 304 valence electrons.